The van der Waals surface area contributed by atoms with Crippen molar-refractivity contribution in [2.75, 3.05) is 10.6 Å². The van der Waals surface area contributed by atoms with E-state index in [0.717, 1.165) is 12.1 Å². The molecule has 3 aromatic rings. The molecule has 0 saturated carbocycles. The van der Waals surface area contributed by atoms with E-state index in [1.54, 1.807) is 31.2 Å². The smallest absolute Gasteiger partial charge is 0.274 e. The quantitative estimate of drug-likeness (QED) is 0.644. The molecule has 0 spiro atoms. The molecule has 1 heterocycles. The number of nitrogens with one attached hydrogen (secondary N) is 2. The van der Waals surface area contributed by atoms with Crippen molar-refractivity contribution >= 4 is 28.9 Å². The number of Topliss-reactive ketones (excluding diaryl/α,β-unsaturated/α-hetero) is 1. The minimum Gasteiger partial charge on any atom is -0.335 e. The monoisotopic (exact) mass is 382 g/mol. The zero-order valence-electron chi connectivity index (χ0n) is 15.1. The van der Waals surface area contributed by atoms with Gasteiger partial charge in [-0.05, 0) is 38.1 Å². The largest absolute Gasteiger partial charge is 0.335 e. The van der Waals surface area contributed by atoms with Gasteiger partial charge in [0.25, 0.3) is 5.91 Å². The lowest BCUT2D eigenvalue weighted by atomic mass is 10.1. The first-order chi connectivity index (χ1) is 13.3. The van der Waals surface area contributed by atoms with Crippen LogP contribution in [0.25, 0.3) is 0 Å². The van der Waals surface area contributed by atoms with E-state index in [1.165, 1.54) is 19.1 Å². The second-order valence-electron chi connectivity index (χ2n) is 6.00. The van der Waals surface area contributed by atoms with Crippen LogP contribution in [0.1, 0.15) is 33.6 Å². The predicted molar refractivity (Wildman–Crippen MR) is 101 cm³/mol. The van der Waals surface area contributed by atoms with Crippen LogP contribution >= 0.6 is 0 Å². The van der Waals surface area contributed by atoms with Crippen LogP contribution in [0, 0.1) is 18.6 Å². The number of rotatable bonds is 5. The highest BCUT2D eigenvalue weighted by Gasteiger charge is 2.14. The molecule has 0 atom stereocenters. The van der Waals surface area contributed by atoms with Crippen molar-refractivity contribution in [1.29, 1.82) is 0 Å². The molecule has 2 aromatic carbocycles. The molecule has 1 aromatic heterocycles. The number of halogens is 2. The van der Waals surface area contributed by atoms with Crippen molar-refractivity contribution in [3.8, 4) is 0 Å². The fourth-order valence-corrected chi connectivity index (χ4v) is 2.50. The Morgan fingerprint density at radius 2 is 1.64 bits per heavy atom. The first kappa shape index (κ1) is 19.1. The van der Waals surface area contributed by atoms with E-state index in [1.807, 2.05) is 0 Å². The fraction of sp³-hybridized carbons (Fsp3) is 0.100. The molecule has 2 N–H and O–H groups in total. The van der Waals surface area contributed by atoms with Crippen molar-refractivity contribution in [3.63, 3.8) is 0 Å². The average Bonchev–Trinajstić information content (AvgIpc) is 2.64. The van der Waals surface area contributed by atoms with Gasteiger partial charge in [0.1, 0.15) is 34.7 Å². The van der Waals surface area contributed by atoms with Crippen LogP contribution in [0.3, 0.4) is 0 Å². The second-order valence-corrected chi connectivity index (χ2v) is 6.00. The summed E-state index contributed by atoms with van der Waals surface area (Å²) in [5.74, 6) is -1.95. The highest BCUT2D eigenvalue weighted by molar-refractivity contribution is 6.04. The number of para-hydroxylation sites is 1. The molecule has 3 rings (SSSR count). The molecule has 0 aliphatic carbocycles. The highest BCUT2D eigenvalue weighted by atomic mass is 19.1. The molecule has 0 aliphatic heterocycles. The number of carbonyl (C=O) groups is 2. The number of hydrogen-bond acceptors (Lipinski definition) is 5. The zero-order valence-corrected chi connectivity index (χ0v) is 15.1. The van der Waals surface area contributed by atoms with E-state index < -0.39 is 17.5 Å². The Morgan fingerprint density at radius 1 is 0.964 bits per heavy atom. The summed E-state index contributed by atoms with van der Waals surface area (Å²) >= 11 is 0. The van der Waals surface area contributed by atoms with Gasteiger partial charge in [0.2, 0.25) is 0 Å². The van der Waals surface area contributed by atoms with E-state index in [4.69, 9.17) is 0 Å². The van der Waals surface area contributed by atoms with Gasteiger partial charge in [-0.1, -0.05) is 18.2 Å². The maximum Gasteiger partial charge on any atom is 0.274 e. The third-order valence-corrected chi connectivity index (χ3v) is 3.81. The fourth-order valence-electron chi connectivity index (χ4n) is 2.50. The number of aromatic nitrogens is 2. The molecular weight excluding hydrogens is 366 g/mol. The first-order valence-corrected chi connectivity index (χ1v) is 8.32. The number of carbonyl (C=O) groups excluding carboxylic acids is 2. The summed E-state index contributed by atoms with van der Waals surface area (Å²) in [6, 6.07) is 11.2. The van der Waals surface area contributed by atoms with Gasteiger partial charge >= 0.3 is 0 Å². The van der Waals surface area contributed by atoms with Gasteiger partial charge in [0.05, 0.1) is 0 Å². The third-order valence-electron chi connectivity index (χ3n) is 3.81. The summed E-state index contributed by atoms with van der Waals surface area (Å²) in [6.07, 6.45) is 0. The average molecular weight is 382 g/mol. The molecule has 0 saturated heterocycles. The maximum absolute atomic E-state index is 13.8. The van der Waals surface area contributed by atoms with Gasteiger partial charge in [-0.15, -0.1) is 0 Å². The molecule has 0 radical (unpaired) electrons. The van der Waals surface area contributed by atoms with Crippen molar-refractivity contribution in [2.45, 2.75) is 13.8 Å². The standard InChI is InChI=1S/C20H16F2N4O2/c1-11(27)13-5-3-6-14(9-13)25-20(28)17-10-18(24-12(2)23-17)26-19-15(21)7-4-8-16(19)22/h3-10H,1-2H3,(H,25,28)(H,23,24,26). The normalized spacial score (nSPS) is 10.4. The number of nitrogens with zero attached hydrogens (tertiary/aromatic N) is 2. The Hall–Kier alpha value is -3.68. The molecule has 6 nitrogen and oxygen atoms in total. The summed E-state index contributed by atoms with van der Waals surface area (Å²) in [6.45, 7) is 2.98. The van der Waals surface area contributed by atoms with Crippen LogP contribution < -0.4 is 10.6 Å². The number of amides is 1. The summed E-state index contributed by atoms with van der Waals surface area (Å²) < 4.78 is 27.7. The van der Waals surface area contributed by atoms with Crippen LogP contribution in [-0.2, 0) is 0 Å². The Labute approximate surface area is 159 Å². The number of hydrogen-bond donors (Lipinski definition) is 2. The Balaban J connectivity index is 1.86. The van der Waals surface area contributed by atoms with E-state index >= 15 is 0 Å². The third kappa shape index (κ3) is 4.35. The van der Waals surface area contributed by atoms with E-state index in [-0.39, 0.29) is 28.8 Å². The molecule has 0 unspecified atom stereocenters. The van der Waals surface area contributed by atoms with Gasteiger partial charge in [0, 0.05) is 17.3 Å². The molecule has 8 heteroatoms. The summed E-state index contributed by atoms with van der Waals surface area (Å²) in [5.41, 5.74) is 0.499. The van der Waals surface area contributed by atoms with E-state index in [2.05, 4.69) is 20.6 Å². The SMILES string of the molecule is CC(=O)c1cccc(NC(=O)c2cc(Nc3c(F)cccc3F)nc(C)n2)c1. The summed E-state index contributed by atoms with van der Waals surface area (Å²) in [5, 5.41) is 5.18. The summed E-state index contributed by atoms with van der Waals surface area (Å²) in [4.78, 5) is 32.1. The molecule has 0 aliphatic rings. The van der Waals surface area contributed by atoms with Gasteiger partial charge in [0.15, 0.2) is 5.78 Å². The summed E-state index contributed by atoms with van der Waals surface area (Å²) in [7, 11) is 0. The van der Waals surface area contributed by atoms with Crippen molar-refractivity contribution < 1.29 is 18.4 Å². The van der Waals surface area contributed by atoms with Crippen molar-refractivity contribution in [1.82, 2.24) is 9.97 Å². The lowest BCUT2D eigenvalue weighted by molar-refractivity contribution is 0.100. The number of ketones is 1. The van der Waals surface area contributed by atoms with Crippen molar-refractivity contribution in [3.05, 3.63) is 77.2 Å². The topological polar surface area (TPSA) is 84.0 Å². The van der Waals surface area contributed by atoms with Gasteiger partial charge < -0.3 is 10.6 Å². The van der Waals surface area contributed by atoms with Crippen LogP contribution in [0.4, 0.5) is 26.0 Å². The van der Waals surface area contributed by atoms with Crippen molar-refractivity contribution in [2.24, 2.45) is 0 Å². The molecule has 0 fully saturated rings. The van der Waals surface area contributed by atoms with Crippen LogP contribution in [0.15, 0.2) is 48.5 Å². The lowest BCUT2D eigenvalue weighted by Gasteiger charge is -2.11. The van der Waals surface area contributed by atoms with Gasteiger partial charge in [-0.2, -0.15) is 0 Å². The lowest BCUT2D eigenvalue weighted by Crippen LogP contribution is -2.16. The number of anilines is 3. The second kappa shape index (κ2) is 7.91. The Kier molecular flexibility index (Phi) is 5.39. The van der Waals surface area contributed by atoms with Crippen LogP contribution in [0.2, 0.25) is 0 Å². The van der Waals surface area contributed by atoms with E-state index in [0.29, 0.717) is 11.3 Å². The van der Waals surface area contributed by atoms with Crippen LogP contribution in [0.5, 0.6) is 0 Å². The number of aryl methyl sites for hydroxylation is 1. The highest BCUT2D eigenvalue weighted by Crippen LogP contribution is 2.22. The predicted octanol–water partition coefficient (Wildman–Crippen LogP) is 4.26. The van der Waals surface area contributed by atoms with Gasteiger partial charge in [-0.3, -0.25) is 9.59 Å². The Bertz CT molecular complexity index is 1050. The minimum atomic E-state index is -0.789. The minimum absolute atomic E-state index is 0.0000227. The molecule has 28 heavy (non-hydrogen) atoms. The molecule has 142 valence electrons. The van der Waals surface area contributed by atoms with E-state index in [9.17, 15) is 18.4 Å². The molecule has 1 amide bonds. The maximum atomic E-state index is 13.8. The number of benzene rings is 2. The molecule has 0 bridgehead atoms. The van der Waals surface area contributed by atoms with Crippen LogP contribution in [-0.4, -0.2) is 21.7 Å². The first-order valence-electron chi connectivity index (χ1n) is 8.32. The Morgan fingerprint density at radius 3 is 2.32 bits per heavy atom. The van der Waals surface area contributed by atoms with Gasteiger partial charge in [-0.25, -0.2) is 18.7 Å². The molecular formula is C20H16F2N4O2. The zero-order chi connectivity index (χ0) is 20.3.